The van der Waals surface area contributed by atoms with Gasteiger partial charge in [0, 0.05) is 39.3 Å². The second-order valence-corrected chi connectivity index (χ2v) is 2.19. The Morgan fingerprint density at radius 1 is 1.18 bits per heavy atom. The van der Waals surface area contributed by atoms with E-state index in [2.05, 4.69) is 31.2 Å². The largest absolute Gasteiger partial charge is 0.358 e. The Hall–Kier alpha value is 0.284. The van der Waals surface area contributed by atoms with E-state index in [4.69, 9.17) is 5.73 Å². The summed E-state index contributed by atoms with van der Waals surface area (Å²) in [5.74, 6) is 0. The zero-order valence-corrected chi connectivity index (χ0v) is 10.0. The van der Waals surface area contributed by atoms with Crippen molar-refractivity contribution in [2.45, 2.75) is 13.5 Å². The summed E-state index contributed by atoms with van der Waals surface area (Å²) in [6.07, 6.45) is 0. The Kier molecular flexibility index (Phi) is 8.76. The molecule has 0 atom stereocenters. The Labute approximate surface area is 94.3 Å². The van der Waals surface area contributed by atoms with Gasteiger partial charge < -0.3 is 13.2 Å². The van der Waals surface area contributed by atoms with Crippen LogP contribution in [-0.4, -0.2) is 0 Å². The maximum Gasteiger partial charge on any atom is 0.0178 e. The number of rotatable bonds is 1. The fourth-order valence-corrected chi connectivity index (χ4v) is 0.724. The predicted molar refractivity (Wildman–Crippen MR) is 45.5 cm³/mol. The number of hydrogen-bond acceptors (Lipinski definition) is 1. The zero-order chi connectivity index (χ0) is 6.69. The zero-order valence-electron chi connectivity index (χ0n) is 7.17. The fourth-order valence-electron chi connectivity index (χ4n) is 0.724. The first-order valence-corrected chi connectivity index (χ1v) is 3.08. The summed E-state index contributed by atoms with van der Waals surface area (Å²) in [5, 5.41) is 0. The van der Waals surface area contributed by atoms with E-state index in [1.165, 1.54) is 11.1 Å². The molecule has 0 aliphatic heterocycles. The third kappa shape index (κ3) is 4.68. The van der Waals surface area contributed by atoms with E-state index >= 15 is 0 Å². The van der Waals surface area contributed by atoms with E-state index in [1.807, 2.05) is 0 Å². The number of benzene rings is 1. The van der Waals surface area contributed by atoms with Gasteiger partial charge in [0.15, 0.2) is 0 Å². The van der Waals surface area contributed by atoms with Crippen LogP contribution < -0.4 is 5.73 Å². The van der Waals surface area contributed by atoms with Crippen LogP contribution >= 0.6 is 0 Å². The second-order valence-electron chi connectivity index (χ2n) is 2.19. The van der Waals surface area contributed by atoms with Crippen molar-refractivity contribution in [3.8, 4) is 0 Å². The molecule has 0 bridgehead atoms. The molecule has 0 saturated carbocycles. The quantitative estimate of drug-likeness (QED) is 0.726. The number of nitrogens with two attached hydrogens (primary N) is 1. The molecule has 0 aromatic heterocycles. The molecule has 0 aliphatic rings. The molecule has 2 N–H and O–H groups in total. The van der Waals surface area contributed by atoms with E-state index in [0.29, 0.717) is 6.54 Å². The standard InChI is InChI=1S/C8H11N.CH3.Y/c1-7-2-4-8(6-9)5-3-7;;/h2-5H,6,9H2,1H3;1H3;/q;-1;. The van der Waals surface area contributed by atoms with Crippen molar-refractivity contribution < 1.29 is 32.7 Å². The molecule has 1 nitrogen and oxygen atoms in total. The van der Waals surface area contributed by atoms with Crippen molar-refractivity contribution in [1.82, 2.24) is 0 Å². The van der Waals surface area contributed by atoms with Crippen LogP contribution in [-0.2, 0) is 39.3 Å². The van der Waals surface area contributed by atoms with Gasteiger partial charge in [-0.15, -0.1) is 0 Å². The number of aryl methyl sites for hydroxylation is 1. The van der Waals surface area contributed by atoms with E-state index in [1.54, 1.807) is 0 Å². The first-order valence-electron chi connectivity index (χ1n) is 3.08. The summed E-state index contributed by atoms with van der Waals surface area (Å²) >= 11 is 0. The molecule has 0 amide bonds. The van der Waals surface area contributed by atoms with E-state index in [0.717, 1.165) is 0 Å². The minimum atomic E-state index is 0. The molecule has 0 heterocycles. The van der Waals surface area contributed by atoms with Crippen molar-refractivity contribution >= 4 is 0 Å². The van der Waals surface area contributed by atoms with E-state index < -0.39 is 0 Å². The van der Waals surface area contributed by atoms with Crippen LogP contribution in [0.3, 0.4) is 0 Å². The molecule has 0 aliphatic carbocycles. The van der Waals surface area contributed by atoms with E-state index in [9.17, 15) is 0 Å². The van der Waals surface area contributed by atoms with Gasteiger partial charge >= 0.3 is 0 Å². The van der Waals surface area contributed by atoms with Crippen LogP contribution in [0.1, 0.15) is 11.1 Å². The molecular weight excluding hydrogens is 211 g/mol. The summed E-state index contributed by atoms with van der Waals surface area (Å²) in [4.78, 5) is 0. The van der Waals surface area contributed by atoms with Gasteiger partial charge in [0.25, 0.3) is 0 Å². The predicted octanol–water partition coefficient (Wildman–Crippen LogP) is 1.90. The van der Waals surface area contributed by atoms with Crippen LogP contribution in [0.5, 0.6) is 0 Å². The molecule has 0 fully saturated rings. The maximum atomic E-state index is 5.40. The molecule has 0 saturated heterocycles. The molecule has 0 unspecified atom stereocenters. The fraction of sp³-hybridized carbons (Fsp3) is 0.222. The first-order chi connectivity index (χ1) is 4.33. The van der Waals surface area contributed by atoms with Gasteiger partial charge in [0.1, 0.15) is 0 Å². The third-order valence-electron chi connectivity index (χ3n) is 1.36. The van der Waals surface area contributed by atoms with Crippen LogP contribution in [0.2, 0.25) is 0 Å². The van der Waals surface area contributed by atoms with Gasteiger partial charge in [-0.3, -0.25) is 0 Å². The van der Waals surface area contributed by atoms with Crippen molar-refractivity contribution in [3.63, 3.8) is 0 Å². The molecule has 1 aromatic carbocycles. The molecule has 1 aromatic rings. The summed E-state index contributed by atoms with van der Waals surface area (Å²) in [6, 6.07) is 8.25. The third-order valence-corrected chi connectivity index (χ3v) is 1.36. The smallest absolute Gasteiger partial charge is 0.0178 e. The van der Waals surface area contributed by atoms with Crippen molar-refractivity contribution in [3.05, 3.63) is 42.8 Å². The topological polar surface area (TPSA) is 26.0 Å². The maximum absolute atomic E-state index is 5.40. The monoisotopic (exact) mass is 225 g/mol. The Bertz CT molecular complexity index is 181. The summed E-state index contributed by atoms with van der Waals surface area (Å²) < 4.78 is 0. The molecule has 1 radical (unpaired) electrons. The van der Waals surface area contributed by atoms with Crippen LogP contribution in [0.15, 0.2) is 24.3 Å². The Balaban J connectivity index is 0. The van der Waals surface area contributed by atoms with Gasteiger partial charge in [-0.25, -0.2) is 0 Å². The van der Waals surface area contributed by atoms with Crippen molar-refractivity contribution in [2.24, 2.45) is 5.73 Å². The van der Waals surface area contributed by atoms with Crippen molar-refractivity contribution in [1.29, 1.82) is 0 Å². The minimum absolute atomic E-state index is 0. The Morgan fingerprint density at radius 2 is 1.64 bits per heavy atom. The summed E-state index contributed by atoms with van der Waals surface area (Å²) in [5.41, 5.74) is 7.88. The van der Waals surface area contributed by atoms with Gasteiger partial charge in [0.05, 0.1) is 0 Å². The SMILES string of the molecule is Cc1ccc(CN)cc1.[CH3-].[Y]. The van der Waals surface area contributed by atoms with Crippen LogP contribution in [0.25, 0.3) is 0 Å². The molecule has 59 valence electrons. The molecule has 0 spiro atoms. The Morgan fingerprint density at radius 3 is 2.00 bits per heavy atom. The number of hydrogen-bond donors (Lipinski definition) is 1. The molecule has 11 heavy (non-hydrogen) atoms. The minimum Gasteiger partial charge on any atom is -0.358 e. The first kappa shape index (κ1) is 13.8. The molecule has 2 heteroatoms. The normalized spacial score (nSPS) is 7.82. The summed E-state index contributed by atoms with van der Waals surface area (Å²) in [6.45, 7) is 2.71. The van der Waals surface area contributed by atoms with Gasteiger partial charge in [-0.2, -0.15) is 0 Å². The van der Waals surface area contributed by atoms with Crippen LogP contribution in [0.4, 0.5) is 0 Å². The second kappa shape index (κ2) is 6.96. The van der Waals surface area contributed by atoms with Gasteiger partial charge in [0.2, 0.25) is 0 Å². The molecular formula is C9H14NY-. The van der Waals surface area contributed by atoms with Crippen molar-refractivity contribution in [2.75, 3.05) is 0 Å². The van der Waals surface area contributed by atoms with Gasteiger partial charge in [-0.1, -0.05) is 29.8 Å². The summed E-state index contributed by atoms with van der Waals surface area (Å²) in [7, 11) is 0. The van der Waals surface area contributed by atoms with Gasteiger partial charge in [-0.05, 0) is 12.5 Å². The van der Waals surface area contributed by atoms with E-state index in [-0.39, 0.29) is 40.1 Å². The molecule has 1 rings (SSSR count). The average Bonchev–Trinajstić information content (AvgIpc) is 1.90. The average molecular weight is 225 g/mol. The van der Waals surface area contributed by atoms with Crippen LogP contribution in [0, 0.1) is 14.4 Å².